The summed E-state index contributed by atoms with van der Waals surface area (Å²) < 4.78 is 21.1. The van der Waals surface area contributed by atoms with Gasteiger partial charge in [0, 0.05) is 26.2 Å². The number of hydrogen-bond donors (Lipinski definition) is 0. The third kappa shape index (κ3) is 4.35. The van der Waals surface area contributed by atoms with Gasteiger partial charge >= 0.3 is 0 Å². The lowest BCUT2D eigenvalue weighted by Gasteiger charge is -2.24. The zero-order chi connectivity index (χ0) is 17.8. The van der Waals surface area contributed by atoms with Gasteiger partial charge in [-0.05, 0) is 39.1 Å². The van der Waals surface area contributed by atoms with Crippen molar-refractivity contribution in [2.45, 2.75) is 25.9 Å². The largest absolute Gasteiger partial charge is 0.489 e. The first-order valence-electron chi connectivity index (χ1n) is 8.69. The van der Waals surface area contributed by atoms with E-state index in [1.807, 2.05) is 18.5 Å². The molecule has 6 nitrogen and oxygen atoms in total. The van der Waals surface area contributed by atoms with E-state index in [2.05, 4.69) is 27.0 Å². The molecule has 3 rings (SSSR count). The molecule has 25 heavy (non-hydrogen) atoms. The summed E-state index contributed by atoms with van der Waals surface area (Å²) in [6.45, 7) is 6.09. The van der Waals surface area contributed by atoms with Crippen LogP contribution in [0, 0.1) is 12.7 Å². The molecule has 1 atom stereocenters. The minimum absolute atomic E-state index is 0.305. The average molecular weight is 347 g/mol. The van der Waals surface area contributed by atoms with E-state index in [0.29, 0.717) is 18.4 Å². The van der Waals surface area contributed by atoms with Crippen LogP contribution in [0.3, 0.4) is 0 Å². The average Bonchev–Trinajstić information content (AvgIpc) is 3.19. The van der Waals surface area contributed by atoms with Crippen LogP contribution in [0.4, 0.5) is 4.39 Å². The molecule has 0 amide bonds. The van der Waals surface area contributed by atoms with Crippen LogP contribution in [0.15, 0.2) is 24.3 Å². The maximum Gasteiger partial charge on any atom is 0.165 e. The SMILES string of the molecule is Cc1nnc(CN(C)C2CCN(CCOc3ccccc3F)C2)n1C. The number of halogens is 1. The fraction of sp³-hybridized carbons (Fsp3) is 0.556. The Labute approximate surface area is 148 Å². The molecule has 1 unspecified atom stereocenters. The van der Waals surface area contributed by atoms with Gasteiger partial charge in [0.1, 0.15) is 18.3 Å². The highest BCUT2D eigenvalue weighted by Crippen LogP contribution is 2.18. The number of para-hydroxylation sites is 1. The molecule has 0 spiro atoms. The van der Waals surface area contributed by atoms with Crippen molar-refractivity contribution in [2.24, 2.45) is 7.05 Å². The summed E-state index contributed by atoms with van der Waals surface area (Å²) in [6.07, 6.45) is 1.12. The van der Waals surface area contributed by atoms with Gasteiger partial charge in [-0.25, -0.2) is 4.39 Å². The molecule has 0 radical (unpaired) electrons. The van der Waals surface area contributed by atoms with Crippen molar-refractivity contribution in [3.63, 3.8) is 0 Å². The molecule has 1 aliphatic heterocycles. The van der Waals surface area contributed by atoms with Gasteiger partial charge in [0.05, 0.1) is 6.54 Å². The predicted octanol–water partition coefficient (Wildman–Crippen LogP) is 1.85. The van der Waals surface area contributed by atoms with Crippen LogP contribution in [0.1, 0.15) is 18.1 Å². The summed E-state index contributed by atoms with van der Waals surface area (Å²) in [4.78, 5) is 4.70. The number of likely N-dealkylation sites (tertiary alicyclic amines) is 1. The third-order valence-corrected chi connectivity index (χ3v) is 4.95. The molecule has 0 saturated carbocycles. The molecule has 1 aliphatic rings. The number of ether oxygens (including phenoxy) is 1. The molecule has 1 saturated heterocycles. The predicted molar refractivity (Wildman–Crippen MR) is 93.9 cm³/mol. The lowest BCUT2D eigenvalue weighted by Crippen LogP contribution is -2.35. The molecule has 136 valence electrons. The molecular formula is C18H26FN5O. The van der Waals surface area contributed by atoms with Crippen molar-refractivity contribution >= 4 is 0 Å². The molecule has 0 N–H and O–H groups in total. The maximum atomic E-state index is 13.5. The topological polar surface area (TPSA) is 46.4 Å². The molecule has 0 aliphatic carbocycles. The molecule has 2 aromatic rings. The second-order valence-corrected chi connectivity index (χ2v) is 6.66. The summed E-state index contributed by atoms with van der Waals surface area (Å²) in [5.41, 5.74) is 0. The smallest absolute Gasteiger partial charge is 0.165 e. The van der Waals surface area contributed by atoms with E-state index in [-0.39, 0.29) is 5.82 Å². The van der Waals surface area contributed by atoms with Crippen LogP contribution in [-0.2, 0) is 13.6 Å². The maximum absolute atomic E-state index is 13.5. The van der Waals surface area contributed by atoms with E-state index in [9.17, 15) is 4.39 Å². The van der Waals surface area contributed by atoms with Crippen LogP contribution < -0.4 is 4.74 Å². The molecule has 0 bridgehead atoms. The third-order valence-electron chi connectivity index (χ3n) is 4.95. The lowest BCUT2D eigenvalue weighted by molar-refractivity contribution is 0.198. The van der Waals surface area contributed by atoms with E-state index >= 15 is 0 Å². The zero-order valence-electron chi connectivity index (χ0n) is 15.2. The van der Waals surface area contributed by atoms with Crippen molar-refractivity contribution in [3.05, 3.63) is 41.7 Å². The van der Waals surface area contributed by atoms with Crippen molar-refractivity contribution in [2.75, 3.05) is 33.3 Å². The lowest BCUT2D eigenvalue weighted by atomic mass is 10.2. The van der Waals surface area contributed by atoms with Crippen molar-refractivity contribution < 1.29 is 9.13 Å². The summed E-state index contributed by atoms with van der Waals surface area (Å²) in [7, 11) is 4.13. The van der Waals surface area contributed by atoms with Crippen molar-refractivity contribution in [3.8, 4) is 5.75 Å². The highest BCUT2D eigenvalue weighted by molar-refractivity contribution is 5.23. The Bertz CT molecular complexity index is 705. The fourth-order valence-corrected chi connectivity index (χ4v) is 3.16. The van der Waals surface area contributed by atoms with Crippen LogP contribution in [0.2, 0.25) is 0 Å². The molecular weight excluding hydrogens is 321 g/mol. The molecule has 1 aromatic heterocycles. The van der Waals surface area contributed by atoms with E-state index in [0.717, 1.165) is 44.2 Å². The molecule has 7 heteroatoms. The first-order chi connectivity index (χ1) is 12.0. The second-order valence-electron chi connectivity index (χ2n) is 6.66. The molecule has 1 fully saturated rings. The van der Waals surface area contributed by atoms with E-state index in [1.165, 1.54) is 6.07 Å². The highest BCUT2D eigenvalue weighted by Gasteiger charge is 2.26. The second kappa shape index (κ2) is 7.93. The fourth-order valence-electron chi connectivity index (χ4n) is 3.16. The van der Waals surface area contributed by atoms with Gasteiger partial charge in [-0.1, -0.05) is 12.1 Å². The van der Waals surface area contributed by atoms with E-state index in [4.69, 9.17) is 4.74 Å². The van der Waals surface area contributed by atoms with Gasteiger partial charge < -0.3 is 9.30 Å². The molecule has 2 heterocycles. The first kappa shape index (κ1) is 17.8. The summed E-state index contributed by atoms with van der Waals surface area (Å²) in [6, 6.07) is 7.03. The number of benzene rings is 1. The Morgan fingerprint density at radius 2 is 2.12 bits per heavy atom. The summed E-state index contributed by atoms with van der Waals surface area (Å²) >= 11 is 0. The van der Waals surface area contributed by atoms with E-state index < -0.39 is 0 Å². The van der Waals surface area contributed by atoms with Crippen LogP contribution in [0.5, 0.6) is 5.75 Å². The number of likely N-dealkylation sites (N-methyl/N-ethyl adjacent to an activating group) is 1. The van der Waals surface area contributed by atoms with Gasteiger partial charge in [-0.15, -0.1) is 10.2 Å². The van der Waals surface area contributed by atoms with Crippen LogP contribution >= 0.6 is 0 Å². The van der Waals surface area contributed by atoms with Gasteiger partial charge in [0.2, 0.25) is 0 Å². The quantitative estimate of drug-likeness (QED) is 0.765. The minimum atomic E-state index is -0.305. The first-order valence-corrected chi connectivity index (χ1v) is 8.69. The standard InChI is InChI=1S/C18H26FN5O/c1-14-20-21-18(23(14)3)13-22(2)15-8-9-24(12-15)10-11-25-17-7-5-4-6-16(17)19/h4-7,15H,8-13H2,1-3H3. The number of rotatable bonds is 7. The van der Waals surface area contributed by atoms with Crippen molar-refractivity contribution in [1.82, 2.24) is 24.6 Å². The van der Waals surface area contributed by atoms with Gasteiger partial charge in [-0.3, -0.25) is 9.80 Å². The van der Waals surface area contributed by atoms with Gasteiger partial charge in [0.25, 0.3) is 0 Å². The van der Waals surface area contributed by atoms with Crippen LogP contribution in [0.25, 0.3) is 0 Å². The zero-order valence-corrected chi connectivity index (χ0v) is 15.2. The number of aromatic nitrogens is 3. The molecule has 1 aromatic carbocycles. The highest BCUT2D eigenvalue weighted by atomic mass is 19.1. The number of nitrogens with zero attached hydrogens (tertiary/aromatic N) is 5. The monoisotopic (exact) mass is 347 g/mol. The van der Waals surface area contributed by atoms with Crippen LogP contribution in [-0.4, -0.2) is 63.9 Å². The minimum Gasteiger partial charge on any atom is -0.489 e. The van der Waals surface area contributed by atoms with Gasteiger partial charge in [-0.2, -0.15) is 0 Å². The Kier molecular flexibility index (Phi) is 5.65. The Morgan fingerprint density at radius 3 is 2.84 bits per heavy atom. The summed E-state index contributed by atoms with van der Waals surface area (Å²) in [5, 5.41) is 8.36. The van der Waals surface area contributed by atoms with Crippen molar-refractivity contribution in [1.29, 1.82) is 0 Å². The number of aryl methyl sites for hydroxylation is 1. The van der Waals surface area contributed by atoms with Gasteiger partial charge in [0.15, 0.2) is 11.6 Å². The Morgan fingerprint density at radius 1 is 1.32 bits per heavy atom. The van der Waals surface area contributed by atoms with E-state index in [1.54, 1.807) is 18.2 Å². The summed E-state index contributed by atoms with van der Waals surface area (Å²) in [5.74, 6) is 1.94. The Balaban J connectivity index is 1.43. The normalized spacial score (nSPS) is 18.2. The Hall–Kier alpha value is -1.99. The number of hydrogen-bond acceptors (Lipinski definition) is 5.